The summed E-state index contributed by atoms with van der Waals surface area (Å²) in [5.41, 5.74) is 2.10. The number of likely N-dealkylation sites (N-methyl/N-ethyl adjacent to an activating group) is 1. The fraction of sp³-hybridized carbons (Fsp3) is 0.448. The molecule has 1 aromatic carbocycles. The predicted molar refractivity (Wildman–Crippen MR) is 160 cm³/mol. The van der Waals surface area contributed by atoms with Gasteiger partial charge >= 0.3 is 0 Å². The third-order valence-electron chi connectivity index (χ3n) is 7.32. The van der Waals surface area contributed by atoms with Crippen LogP contribution >= 0.6 is 0 Å². The summed E-state index contributed by atoms with van der Waals surface area (Å²) in [5, 5.41) is 4.61. The highest BCUT2D eigenvalue weighted by molar-refractivity contribution is 7.89. The molecule has 1 aliphatic heterocycles. The van der Waals surface area contributed by atoms with Crippen molar-refractivity contribution in [2.45, 2.75) is 44.6 Å². The first-order valence-corrected chi connectivity index (χ1v) is 15.6. The molecule has 1 saturated heterocycles. The first-order chi connectivity index (χ1) is 20.3. The first-order valence-electron chi connectivity index (χ1n) is 14.2. The van der Waals surface area contributed by atoms with E-state index in [2.05, 4.69) is 20.0 Å². The summed E-state index contributed by atoms with van der Waals surface area (Å²) in [7, 11) is -0.204. The Balaban J connectivity index is 1.62. The highest BCUT2D eigenvalue weighted by atomic mass is 32.2. The van der Waals surface area contributed by atoms with Gasteiger partial charge < -0.3 is 19.4 Å². The zero-order valence-electron chi connectivity index (χ0n) is 24.5. The summed E-state index contributed by atoms with van der Waals surface area (Å²) in [5.74, 6) is 1.29. The number of rotatable bonds is 11. The Kier molecular flexibility index (Phi) is 8.90. The van der Waals surface area contributed by atoms with Gasteiger partial charge in [-0.1, -0.05) is 20.3 Å². The van der Waals surface area contributed by atoms with E-state index in [1.807, 2.05) is 27.0 Å². The van der Waals surface area contributed by atoms with Crippen molar-refractivity contribution in [1.29, 1.82) is 0 Å². The highest BCUT2D eigenvalue weighted by Gasteiger charge is 2.29. The zero-order valence-corrected chi connectivity index (χ0v) is 25.3. The van der Waals surface area contributed by atoms with E-state index in [0.29, 0.717) is 74.0 Å². The van der Waals surface area contributed by atoms with E-state index in [0.717, 1.165) is 18.5 Å². The smallest absolute Gasteiger partial charge is 0.279 e. The first kappa shape index (κ1) is 29.7. The minimum Gasteiger partial charge on any atom is -0.495 e. The van der Waals surface area contributed by atoms with Crippen molar-refractivity contribution >= 4 is 21.1 Å². The molecule has 1 fully saturated rings. The summed E-state index contributed by atoms with van der Waals surface area (Å²) in [6.07, 6.45) is 3.87. The van der Waals surface area contributed by atoms with E-state index < -0.39 is 15.6 Å². The summed E-state index contributed by atoms with van der Waals surface area (Å²) >= 11 is 0. The van der Waals surface area contributed by atoms with Gasteiger partial charge in [0, 0.05) is 32.4 Å². The Hall–Kier alpha value is -3.81. The number of aryl methyl sites for hydroxylation is 1. The van der Waals surface area contributed by atoms with E-state index >= 15 is 0 Å². The minimum atomic E-state index is -3.76. The van der Waals surface area contributed by atoms with Crippen molar-refractivity contribution < 1.29 is 17.9 Å². The lowest BCUT2D eigenvalue weighted by molar-refractivity contribution is 0.222. The third-order valence-corrected chi connectivity index (χ3v) is 9.22. The number of aromatic nitrogens is 5. The molecule has 0 amide bonds. The molecule has 3 aromatic heterocycles. The van der Waals surface area contributed by atoms with Gasteiger partial charge in [0.25, 0.3) is 5.56 Å². The van der Waals surface area contributed by atoms with Crippen LogP contribution in [0.1, 0.15) is 38.1 Å². The molecule has 0 unspecified atom stereocenters. The number of pyridine rings is 1. The van der Waals surface area contributed by atoms with Crippen molar-refractivity contribution in [3.63, 3.8) is 0 Å². The molecule has 224 valence electrons. The number of fused-ring (bicyclic) bond motifs is 1. The lowest BCUT2D eigenvalue weighted by atomic mass is 10.1. The quantitative estimate of drug-likeness (QED) is 0.278. The number of benzene rings is 1. The number of nitrogens with zero attached hydrogens (tertiary/aromatic N) is 6. The Morgan fingerprint density at radius 3 is 2.52 bits per heavy atom. The number of hydrogen-bond acceptors (Lipinski definition) is 9. The molecule has 0 spiro atoms. The number of ether oxygens (including phenoxy) is 2. The van der Waals surface area contributed by atoms with Crippen LogP contribution in [-0.4, -0.2) is 89.3 Å². The Labute approximate surface area is 245 Å². The minimum absolute atomic E-state index is 0.125. The van der Waals surface area contributed by atoms with Crippen molar-refractivity contribution in [2.75, 3.05) is 46.9 Å². The molecular weight excluding hydrogens is 558 g/mol. The molecule has 0 bridgehead atoms. The Bertz CT molecular complexity index is 1730. The lowest BCUT2D eigenvalue weighted by Gasteiger charge is -2.31. The van der Waals surface area contributed by atoms with Gasteiger partial charge in [-0.15, -0.1) is 0 Å². The van der Waals surface area contributed by atoms with Crippen LogP contribution in [-0.2, 0) is 23.0 Å². The summed E-state index contributed by atoms with van der Waals surface area (Å²) in [6.45, 7) is 6.88. The number of H-pyrrole nitrogens is 1. The molecule has 1 aliphatic rings. The molecule has 0 aliphatic carbocycles. The van der Waals surface area contributed by atoms with E-state index in [9.17, 15) is 13.2 Å². The summed E-state index contributed by atoms with van der Waals surface area (Å²) in [6, 6.07) is 8.37. The van der Waals surface area contributed by atoms with Crippen LogP contribution in [0, 0.1) is 0 Å². The largest absolute Gasteiger partial charge is 0.495 e. The van der Waals surface area contributed by atoms with Crippen LogP contribution in [0.3, 0.4) is 0 Å². The second-order valence-electron chi connectivity index (χ2n) is 10.3. The van der Waals surface area contributed by atoms with Crippen LogP contribution < -0.4 is 15.0 Å². The molecule has 42 heavy (non-hydrogen) atoms. The summed E-state index contributed by atoms with van der Waals surface area (Å²) < 4.78 is 41.9. The maximum absolute atomic E-state index is 13.6. The van der Waals surface area contributed by atoms with Gasteiger partial charge in [-0.05, 0) is 50.2 Å². The monoisotopic (exact) mass is 595 g/mol. The van der Waals surface area contributed by atoms with Crippen molar-refractivity contribution in [1.82, 2.24) is 33.9 Å². The fourth-order valence-electron chi connectivity index (χ4n) is 5.05. The van der Waals surface area contributed by atoms with Gasteiger partial charge in [0.1, 0.15) is 28.5 Å². The zero-order chi connectivity index (χ0) is 29.9. The van der Waals surface area contributed by atoms with Gasteiger partial charge in [0.15, 0.2) is 5.52 Å². The normalized spacial score (nSPS) is 14.9. The number of nitrogens with one attached hydrogen (secondary N) is 1. The second-order valence-corrected chi connectivity index (χ2v) is 12.3. The SMILES string of the molecule is CCCOc1ccc(S(=O)(=O)N2CCN(C)CC2)cc1-c1nc2c(CCC)n(Cc3ncccc3OC)nc2c(=O)[nH]1. The Morgan fingerprint density at radius 1 is 1.02 bits per heavy atom. The van der Waals surface area contributed by atoms with E-state index in [4.69, 9.17) is 14.5 Å². The summed E-state index contributed by atoms with van der Waals surface area (Å²) in [4.78, 5) is 27.8. The van der Waals surface area contributed by atoms with Crippen LogP contribution in [0.25, 0.3) is 22.4 Å². The van der Waals surface area contributed by atoms with E-state index in [1.165, 1.54) is 4.31 Å². The average molecular weight is 596 g/mol. The van der Waals surface area contributed by atoms with Gasteiger partial charge in [-0.25, -0.2) is 13.4 Å². The van der Waals surface area contributed by atoms with Crippen LogP contribution in [0.15, 0.2) is 46.2 Å². The van der Waals surface area contributed by atoms with Crippen LogP contribution in [0.2, 0.25) is 0 Å². The number of piperazine rings is 1. The molecule has 0 radical (unpaired) electrons. The van der Waals surface area contributed by atoms with Gasteiger partial charge in [0.2, 0.25) is 10.0 Å². The molecule has 1 N–H and O–H groups in total. The molecule has 5 rings (SSSR count). The average Bonchev–Trinajstić information content (AvgIpc) is 3.33. The maximum Gasteiger partial charge on any atom is 0.279 e. The van der Waals surface area contributed by atoms with Crippen molar-refractivity contribution in [2.24, 2.45) is 0 Å². The molecule has 0 atom stereocenters. The third kappa shape index (κ3) is 5.90. The van der Waals surface area contributed by atoms with E-state index in [1.54, 1.807) is 42.3 Å². The predicted octanol–water partition coefficient (Wildman–Crippen LogP) is 2.92. The molecule has 0 saturated carbocycles. The van der Waals surface area contributed by atoms with Gasteiger partial charge in [-0.3, -0.25) is 14.5 Å². The number of aromatic amines is 1. The van der Waals surface area contributed by atoms with E-state index in [-0.39, 0.29) is 16.2 Å². The fourth-order valence-corrected chi connectivity index (χ4v) is 6.50. The lowest BCUT2D eigenvalue weighted by Crippen LogP contribution is -2.47. The molecule has 13 heteroatoms. The maximum atomic E-state index is 13.6. The van der Waals surface area contributed by atoms with Crippen molar-refractivity contribution in [3.8, 4) is 22.9 Å². The Morgan fingerprint density at radius 2 is 1.81 bits per heavy atom. The molecule has 4 aromatic rings. The van der Waals surface area contributed by atoms with Crippen LogP contribution in [0.5, 0.6) is 11.5 Å². The van der Waals surface area contributed by atoms with Crippen molar-refractivity contribution in [3.05, 3.63) is 58.3 Å². The second kappa shape index (κ2) is 12.6. The highest BCUT2D eigenvalue weighted by Crippen LogP contribution is 2.33. The molecule has 4 heterocycles. The van der Waals surface area contributed by atoms with Crippen LogP contribution in [0.4, 0.5) is 0 Å². The molecular formula is C29H37N7O5S. The number of methoxy groups -OCH3 is 1. The number of hydrogen-bond donors (Lipinski definition) is 1. The topological polar surface area (TPSA) is 136 Å². The van der Waals surface area contributed by atoms with Gasteiger partial charge in [-0.2, -0.15) is 9.40 Å². The number of sulfonamides is 1. The molecule has 12 nitrogen and oxygen atoms in total. The van der Waals surface area contributed by atoms with Gasteiger partial charge in [0.05, 0.1) is 36.4 Å². The standard InChI is InChI=1S/C29H37N7O5S/c1-5-8-23-26-27(33-36(23)19-22-25(40-4)9-7-12-30-22)29(37)32-28(31-26)21-18-20(10-11-24(21)41-17-6-2)42(38,39)35-15-13-34(3)14-16-35/h7,9-12,18H,5-6,8,13-17,19H2,1-4H3,(H,31,32,37).